The van der Waals surface area contributed by atoms with E-state index in [1.165, 1.54) is 0 Å². The second kappa shape index (κ2) is 4.12. The molecule has 1 fully saturated rings. The fraction of sp³-hybridized carbons (Fsp3) is 0.875. The van der Waals surface area contributed by atoms with Crippen molar-refractivity contribution in [3.63, 3.8) is 0 Å². The van der Waals surface area contributed by atoms with Crippen LogP contribution in [0.2, 0.25) is 0 Å². The molecule has 0 aromatic heterocycles. The lowest BCUT2D eigenvalue weighted by atomic mass is 10.0. The molecule has 1 unspecified atom stereocenters. The third kappa shape index (κ3) is 1.89. The molecule has 15 heavy (non-hydrogen) atoms. The van der Waals surface area contributed by atoms with E-state index >= 15 is 0 Å². The van der Waals surface area contributed by atoms with Crippen molar-refractivity contribution in [3.05, 3.63) is 0 Å². The van der Waals surface area contributed by atoms with Crippen LogP contribution in [0.3, 0.4) is 0 Å². The van der Waals surface area contributed by atoms with Gasteiger partial charge in [-0.3, -0.25) is 4.79 Å². The molecule has 0 saturated carbocycles. The number of carbonyl (C=O) groups is 1. The van der Waals surface area contributed by atoms with Gasteiger partial charge in [0.05, 0.1) is 6.61 Å². The second-order valence-corrected chi connectivity index (χ2v) is 3.52. The quantitative estimate of drug-likeness (QED) is 0.339. The topological polar surface area (TPSA) is 127 Å². The largest absolute Gasteiger partial charge is 0.394 e. The van der Waals surface area contributed by atoms with Gasteiger partial charge >= 0.3 is 0 Å². The van der Waals surface area contributed by atoms with Crippen LogP contribution in [0.25, 0.3) is 0 Å². The Hall–Kier alpha value is -0.570. The van der Waals surface area contributed by atoms with Gasteiger partial charge in [0.15, 0.2) is 5.78 Å². The van der Waals surface area contributed by atoms with Crippen LogP contribution in [0.5, 0.6) is 0 Å². The summed E-state index contributed by atoms with van der Waals surface area (Å²) in [5.74, 6) is -3.41. The van der Waals surface area contributed by atoms with E-state index < -0.39 is 42.6 Å². The highest BCUT2D eigenvalue weighted by molar-refractivity contribution is 5.84. The summed E-state index contributed by atoms with van der Waals surface area (Å²) < 4.78 is 4.68. The molecule has 0 spiro atoms. The number of Topliss-reactive ketones (excluding diaryl/α,β-unsaturated/α-hetero) is 1. The fourth-order valence-corrected chi connectivity index (χ4v) is 1.46. The van der Waals surface area contributed by atoms with Crippen molar-refractivity contribution in [3.8, 4) is 0 Å². The summed E-state index contributed by atoms with van der Waals surface area (Å²) in [7, 11) is 0. The minimum atomic E-state index is -2.53. The molecule has 0 aromatic rings. The number of carbonyl (C=O) groups excluding carboxylic acids is 1. The normalized spacial score (nSPS) is 42.9. The minimum absolute atomic E-state index is 0.720. The molecule has 7 nitrogen and oxygen atoms in total. The van der Waals surface area contributed by atoms with Gasteiger partial charge in [0.1, 0.15) is 24.4 Å². The second-order valence-electron chi connectivity index (χ2n) is 3.52. The smallest absolute Gasteiger partial charge is 0.256 e. The molecule has 88 valence electrons. The summed E-state index contributed by atoms with van der Waals surface area (Å²) in [5, 5.41) is 46.1. The molecule has 1 rings (SSSR count). The third-order valence-corrected chi connectivity index (χ3v) is 2.45. The Morgan fingerprint density at radius 1 is 1.53 bits per heavy atom. The Labute approximate surface area is 85.5 Å². The van der Waals surface area contributed by atoms with E-state index in [0.717, 1.165) is 6.92 Å². The van der Waals surface area contributed by atoms with Crippen LogP contribution in [-0.2, 0) is 9.53 Å². The van der Waals surface area contributed by atoms with E-state index in [1.54, 1.807) is 0 Å². The molecular formula is C8H14O7. The Balaban J connectivity index is 2.89. The van der Waals surface area contributed by atoms with Crippen LogP contribution in [0, 0.1) is 0 Å². The van der Waals surface area contributed by atoms with Crippen molar-refractivity contribution in [1.82, 2.24) is 0 Å². The number of ether oxygens (including phenoxy) is 1. The molecule has 7 heteroatoms. The predicted molar refractivity (Wildman–Crippen MR) is 45.6 cm³/mol. The van der Waals surface area contributed by atoms with E-state index in [2.05, 4.69) is 4.74 Å². The van der Waals surface area contributed by atoms with Gasteiger partial charge in [-0.25, -0.2) is 0 Å². The van der Waals surface area contributed by atoms with Crippen molar-refractivity contribution in [2.45, 2.75) is 37.1 Å². The zero-order valence-electron chi connectivity index (χ0n) is 8.07. The lowest BCUT2D eigenvalue weighted by molar-refractivity contribution is -0.228. The first-order valence-corrected chi connectivity index (χ1v) is 4.41. The van der Waals surface area contributed by atoms with Crippen LogP contribution in [-0.4, -0.2) is 68.1 Å². The van der Waals surface area contributed by atoms with Crippen LogP contribution in [0.1, 0.15) is 6.92 Å². The molecule has 1 heterocycles. The highest BCUT2D eigenvalue weighted by Crippen LogP contribution is 2.31. The van der Waals surface area contributed by atoms with Crippen molar-refractivity contribution in [2.75, 3.05) is 6.61 Å². The highest BCUT2D eigenvalue weighted by Gasteiger charge is 2.58. The summed E-state index contributed by atoms with van der Waals surface area (Å²) >= 11 is 0. The molecular weight excluding hydrogens is 208 g/mol. The van der Waals surface area contributed by atoms with Crippen LogP contribution >= 0.6 is 0 Å². The molecule has 0 aliphatic carbocycles. The number of rotatable bonds is 3. The Morgan fingerprint density at radius 3 is 2.40 bits per heavy atom. The summed E-state index contributed by atoms with van der Waals surface area (Å²) in [6.45, 7) is 0.256. The predicted octanol–water partition coefficient (Wildman–Crippen LogP) is -3.26. The van der Waals surface area contributed by atoms with E-state index in [-0.39, 0.29) is 0 Å². The van der Waals surface area contributed by atoms with Gasteiger partial charge in [-0.2, -0.15) is 0 Å². The van der Waals surface area contributed by atoms with E-state index in [9.17, 15) is 25.2 Å². The van der Waals surface area contributed by atoms with Gasteiger partial charge in [-0.05, 0) is 0 Å². The zero-order chi connectivity index (χ0) is 11.8. The van der Waals surface area contributed by atoms with Crippen LogP contribution in [0.15, 0.2) is 0 Å². The standard InChI is InChI=1S/C8H14O7/c1-3(10)8(14)7(13)5(12)6(15-8)4(11)2-9/h4-7,9,11-14H,2H2,1H3/t4-,5+,6+,7-,8?/m1/s1. The molecule has 0 aromatic carbocycles. The van der Waals surface area contributed by atoms with Gasteiger partial charge in [-0.1, -0.05) is 0 Å². The first-order chi connectivity index (χ1) is 6.84. The van der Waals surface area contributed by atoms with Gasteiger partial charge in [0.25, 0.3) is 5.79 Å². The first-order valence-electron chi connectivity index (χ1n) is 4.41. The highest BCUT2D eigenvalue weighted by atomic mass is 16.7. The van der Waals surface area contributed by atoms with Gasteiger partial charge in [-0.15, -0.1) is 0 Å². The van der Waals surface area contributed by atoms with E-state index in [4.69, 9.17) is 5.11 Å². The summed E-state index contributed by atoms with van der Waals surface area (Å²) in [4.78, 5) is 11.0. The molecule has 5 atom stereocenters. The number of aliphatic hydroxyl groups excluding tert-OH is 4. The Morgan fingerprint density at radius 2 is 2.07 bits per heavy atom. The van der Waals surface area contributed by atoms with Crippen molar-refractivity contribution in [1.29, 1.82) is 0 Å². The van der Waals surface area contributed by atoms with Crippen LogP contribution in [0.4, 0.5) is 0 Å². The SMILES string of the molecule is CC(=O)C1(O)O[C@@H]([C@H](O)CO)[C@H](O)[C@H]1O. The fourth-order valence-electron chi connectivity index (χ4n) is 1.46. The summed E-state index contributed by atoms with van der Waals surface area (Å²) in [6, 6.07) is 0. The maximum atomic E-state index is 11.0. The monoisotopic (exact) mass is 222 g/mol. The van der Waals surface area contributed by atoms with Gasteiger partial charge in [0.2, 0.25) is 0 Å². The van der Waals surface area contributed by atoms with E-state index in [1.807, 2.05) is 0 Å². The lowest BCUT2D eigenvalue weighted by Crippen LogP contribution is -2.48. The lowest BCUT2D eigenvalue weighted by Gasteiger charge is -2.22. The van der Waals surface area contributed by atoms with Crippen molar-refractivity contribution >= 4 is 5.78 Å². The Kier molecular flexibility index (Phi) is 3.44. The molecule has 1 aliphatic rings. The molecule has 1 aliphatic heterocycles. The third-order valence-electron chi connectivity index (χ3n) is 2.45. The van der Waals surface area contributed by atoms with E-state index in [0.29, 0.717) is 0 Å². The molecule has 1 saturated heterocycles. The minimum Gasteiger partial charge on any atom is -0.394 e. The van der Waals surface area contributed by atoms with Gasteiger partial charge in [0, 0.05) is 6.92 Å². The number of aliphatic hydroxyl groups is 5. The van der Waals surface area contributed by atoms with Gasteiger partial charge < -0.3 is 30.3 Å². The van der Waals surface area contributed by atoms with Crippen molar-refractivity contribution in [2.24, 2.45) is 0 Å². The molecule has 0 bridgehead atoms. The zero-order valence-corrected chi connectivity index (χ0v) is 8.07. The number of hydrogen-bond donors (Lipinski definition) is 5. The van der Waals surface area contributed by atoms with Crippen LogP contribution < -0.4 is 0 Å². The summed E-state index contributed by atoms with van der Waals surface area (Å²) in [5.41, 5.74) is 0. The molecule has 5 N–H and O–H groups in total. The average molecular weight is 222 g/mol. The maximum Gasteiger partial charge on any atom is 0.256 e. The molecule has 0 amide bonds. The molecule has 0 radical (unpaired) electrons. The number of hydrogen-bond acceptors (Lipinski definition) is 7. The summed E-state index contributed by atoms with van der Waals surface area (Å²) in [6.07, 6.45) is -6.37. The number of ketones is 1. The first kappa shape index (κ1) is 12.5. The average Bonchev–Trinajstić information content (AvgIpc) is 2.43. The Bertz CT molecular complexity index is 255. The maximum absolute atomic E-state index is 11.0. The van der Waals surface area contributed by atoms with Crippen molar-refractivity contribution < 1.29 is 35.1 Å².